The number of pyridine rings is 1. The van der Waals surface area contributed by atoms with Crippen LogP contribution in [-0.4, -0.2) is 52.2 Å². The number of H-pyrrole nitrogens is 1. The van der Waals surface area contributed by atoms with Gasteiger partial charge in [-0.15, -0.1) is 0 Å². The minimum absolute atomic E-state index is 0.0641. The summed E-state index contributed by atoms with van der Waals surface area (Å²) < 4.78 is 5.55. The van der Waals surface area contributed by atoms with Crippen LogP contribution in [0.4, 0.5) is 5.69 Å². The molecule has 1 fully saturated rings. The van der Waals surface area contributed by atoms with Gasteiger partial charge in [0.15, 0.2) is 5.11 Å². The summed E-state index contributed by atoms with van der Waals surface area (Å²) in [7, 11) is 0. The van der Waals surface area contributed by atoms with Crippen LogP contribution in [0.3, 0.4) is 0 Å². The molecule has 7 heteroatoms. The lowest BCUT2D eigenvalue weighted by atomic mass is 10.1. The zero-order valence-corrected chi connectivity index (χ0v) is 21.1. The summed E-state index contributed by atoms with van der Waals surface area (Å²) in [6, 6.07) is 16.4. The number of anilines is 1. The van der Waals surface area contributed by atoms with E-state index in [4.69, 9.17) is 17.0 Å². The molecular formula is C27H34N4O2S. The fraction of sp³-hybridized carbons (Fsp3) is 0.407. The Hall–Kier alpha value is -2.90. The summed E-state index contributed by atoms with van der Waals surface area (Å²) in [6.07, 6.45) is 2.34. The number of aromatic nitrogens is 1. The third-order valence-corrected chi connectivity index (χ3v) is 6.84. The number of aryl methyl sites for hydroxylation is 1. The number of likely N-dealkylation sites (tertiary alicyclic amines) is 1. The van der Waals surface area contributed by atoms with Crippen LogP contribution in [0.25, 0.3) is 10.9 Å². The Morgan fingerprint density at radius 3 is 2.74 bits per heavy atom. The first-order chi connectivity index (χ1) is 16.5. The van der Waals surface area contributed by atoms with Gasteiger partial charge in [-0.25, -0.2) is 0 Å². The third-order valence-electron chi connectivity index (χ3n) is 6.48. The van der Waals surface area contributed by atoms with Gasteiger partial charge in [0.25, 0.3) is 5.56 Å². The first-order valence-electron chi connectivity index (χ1n) is 12.1. The highest BCUT2D eigenvalue weighted by molar-refractivity contribution is 7.80. The average Bonchev–Trinajstić information content (AvgIpc) is 3.27. The molecule has 0 aliphatic carbocycles. The monoisotopic (exact) mass is 478 g/mol. The van der Waals surface area contributed by atoms with E-state index in [9.17, 15) is 4.79 Å². The second kappa shape index (κ2) is 11.0. The van der Waals surface area contributed by atoms with Crippen molar-refractivity contribution in [2.24, 2.45) is 0 Å². The predicted molar refractivity (Wildman–Crippen MR) is 144 cm³/mol. The van der Waals surface area contributed by atoms with E-state index >= 15 is 0 Å². The average molecular weight is 479 g/mol. The van der Waals surface area contributed by atoms with Crippen molar-refractivity contribution in [3.63, 3.8) is 0 Å². The fourth-order valence-corrected chi connectivity index (χ4v) is 4.94. The summed E-state index contributed by atoms with van der Waals surface area (Å²) in [4.78, 5) is 20.6. The molecule has 0 amide bonds. The van der Waals surface area contributed by atoms with E-state index in [2.05, 4.69) is 39.2 Å². The maximum atomic E-state index is 12.9. The van der Waals surface area contributed by atoms with Crippen molar-refractivity contribution < 1.29 is 4.74 Å². The quantitative estimate of drug-likeness (QED) is 0.448. The molecule has 1 aliphatic heterocycles. The Balaban J connectivity index is 1.58. The maximum absolute atomic E-state index is 12.9. The molecule has 34 heavy (non-hydrogen) atoms. The number of fused-ring (bicyclic) bond motifs is 1. The molecule has 0 radical (unpaired) electrons. The van der Waals surface area contributed by atoms with Crippen molar-refractivity contribution in [2.45, 2.75) is 46.2 Å². The van der Waals surface area contributed by atoms with Gasteiger partial charge in [0, 0.05) is 29.4 Å². The molecule has 2 N–H and O–H groups in total. The molecule has 3 aromatic rings. The number of benzene rings is 2. The summed E-state index contributed by atoms with van der Waals surface area (Å²) in [6.45, 7) is 10.2. The van der Waals surface area contributed by atoms with Crippen LogP contribution < -0.4 is 15.6 Å². The van der Waals surface area contributed by atoms with Gasteiger partial charge in [-0.05, 0) is 99.3 Å². The number of thiocarbonyl (C=S) groups is 1. The predicted octanol–water partition coefficient (Wildman–Crippen LogP) is 4.92. The molecule has 6 nitrogen and oxygen atoms in total. The molecule has 2 aromatic carbocycles. The summed E-state index contributed by atoms with van der Waals surface area (Å²) in [5.74, 6) is 0.832. The first-order valence-corrected chi connectivity index (χ1v) is 12.5. The highest BCUT2D eigenvalue weighted by Crippen LogP contribution is 2.21. The van der Waals surface area contributed by atoms with Gasteiger partial charge >= 0.3 is 0 Å². The lowest BCUT2D eigenvalue weighted by molar-refractivity contribution is 0.221. The number of ether oxygens (including phenoxy) is 1. The lowest BCUT2D eigenvalue weighted by Crippen LogP contribution is -2.44. The van der Waals surface area contributed by atoms with Crippen molar-refractivity contribution in [3.8, 4) is 5.75 Å². The van der Waals surface area contributed by atoms with E-state index in [0.29, 0.717) is 29.9 Å². The molecule has 1 atom stereocenters. The normalized spacial score (nSPS) is 16.0. The SMILES string of the molecule is CCOc1ccc(NC(=S)N(Cc2cc3ccc(C)cc3[nH]c2=O)CC2CCCN2CC)cc1. The van der Waals surface area contributed by atoms with E-state index < -0.39 is 0 Å². The Morgan fingerprint density at radius 1 is 1.21 bits per heavy atom. The number of rotatable bonds is 8. The molecule has 0 spiro atoms. The molecule has 1 aliphatic rings. The first kappa shape index (κ1) is 24.2. The van der Waals surface area contributed by atoms with Crippen LogP contribution in [0.5, 0.6) is 5.75 Å². The molecular weight excluding hydrogens is 444 g/mol. The Labute approximate surface area is 206 Å². The van der Waals surface area contributed by atoms with Crippen molar-refractivity contribution >= 4 is 33.9 Å². The standard InChI is InChI=1S/C27H34N4O2S/c1-4-30-14-6-7-23(30)18-31(27(34)28-22-10-12-24(13-11-22)33-5-2)17-21-16-20-9-8-19(3)15-25(20)29-26(21)32/h8-13,15-16,23H,4-7,14,17-18H2,1-3H3,(H,28,34)(H,29,32). The second-order valence-corrected chi connectivity index (χ2v) is 9.29. The number of nitrogens with one attached hydrogen (secondary N) is 2. The molecule has 1 saturated heterocycles. The molecule has 4 rings (SSSR count). The molecule has 0 bridgehead atoms. The van der Waals surface area contributed by atoms with Gasteiger partial charge in [0.1, 0.15) is 5.75 Å². The third kappa shape index (κ3) is 5.77. The smallest absolute Gasteiger partial charge is 0.253 e. The van der Waals surface area contributed by atoms with Crippen LogP contribution in [0.2, 0.25) is 0 Å². The van der Waals surface area contributed by atoms with E-state index in [1.165, 1.54) is 6.42 Å². The van der Waals surface area contributed by atoms with Crippen LogP contribution in [0.15, 0.2) is 53.3 Å². The highest BCUT2D eigenvalue weighted by Gasteiger charge is 2.26. The van der Waals surface area contributed by atoms with E-state index in [1.807, 2.05) is 50.2 Å². The fourth-order valence-electron chi connectivity index (χ4n) is 4.68. The number of likely N-dealkylation sites (N-methyl/N-ethyl adjacent to an activating group) is 1. The summed E-state index contributed by atoms with van der Waals surface area (Å²) in [5, 5.41) is 5.02. The minimum atomic E-state index is -0.0641. The van der Waals surface area contributed by atoms with E-state index in [-0.39, 0.29) is 5.56 Å². The summed E-state index contributed by atoms with van der Waals surface area (Å²) in [5.41, 5.74) is 3.54. The molecule has 1 unspecified atom stereocenters. The van der Waals surface area contributed by atoms with E-state index in [1.54, 1.807) is 0 Å². The highest BCUT2D eigenvalue weighted by atomic mass is 32.1. The maximum Gasteiger partial charge on any atom is 0.253 e. The van der Waals surface area contributed by atoms with Gasteiger partial charge in [-0.1, -0.05) is 19.1 Å². The topological polar surface area (TPSA) is 60.6 Å². The number of hydrogen-bond acceptors (Lipinski definition) is 4. The molecule has 1 aromatic heterocycles. The number of nitrogens with zero attached hydrogens (tertiary/aromatic N) is 2. The molecule has 2 heterocycles. The lowest BCUT2D eigenvalue weighted by Gasteiger charge is -2.32. The Kier molecular flexibility index (Phi) is 7.85. The molecule has 180 valence electrons. The minimum Gasteiger partial charge on any atom is -0.494 e. The van der Waals surface area contributed by atoms with Crippen molar-refractivity contribution in [3.05, 3.63) is 70.0 Å². The van der Waals surface area contributed by atoms with Gasteiger partial charge in [0.2, 0.25) is 0 Å². The largest absolute Gasteiger partial charge is 0.494 e. The van der Waals surface area contributed by atoms with Gasteiger partial charge in [-0.2, -0.15) is 0 Å². The summed E-state index contributed by atoms with van der Waals surface area (Å²) >= 11 is 5.86. The Morgan fingerprint density at radius 2 is 2.00 bits per heavy atom. The zero-order chi connectivity index (χ0) is 24.1. The van der Waals surface area contributed by atoms with Crippen LogP contribution in [0, 0.1) is 6.92 Å². The Bertz CT molecular complexity index is 1190. The van der Waals surface area contributed by atoms with Gasteiger partial charge in [0.05, 0.1) is 13.2 Å². The van der Waals surface area contributed by atoms with Crippen molar-refractivity contribution in [2.75, 3.05) is 31.6 Å². The number of aromatic amines is 1. The molecule has 0 saturated carbocycles. The van der Waals surface area contributed by atoms with Crippen molar-refractivity contribution in [1.29, 1.82) is 0 Å². The van der Waals surface area contributed by atoms with E-state index in [0.717, 1.165) is 54.0 Å². The van der Waals surface area contributed by atoms with Gasteiger partial charge in [-0.3, -0.25) is 9.69 Å². The second-order valence-electron chi connectivity index (χ2n) is 8.91. The zero-order valence-electron chi connectivity index (χ0n) is 20.3. The number of hydrogen-bond donors (Lipinski definition) is 2. The van der Waals surface area contributed by atoms with Gasteiger partial charge < -0.3 is 19.9 Å². The van der Waals surface area contributed by atoms with Crippen LogP contribution in [0.1, 0.15) is 37.8 Å². The van der Waals surface area contributed by atoms with Crippen LogP contribution in [-0.2, 0) is 6.54 Å². The van der Waals surface area contributed by atoms with Crippen molar-refractivity contribution in [1.82, 2.24) is 14.8 Å². The van der Waals surface area contributed by atoms with Crippen LogP contribution >= 0.6 is 12.2 Å².